The number of imidazole rings is 1. The normalized spacial score (nSPS) is 16.7. The zero-order chi connectivity index (χ0) is 23.7. The number of hydrogen-bond donors (Lipinski definition) is 3. The lowest BCUT2D eigenvalue weighted by molar-refractivity contribution is 0.0270. The van der Waals surface area contributed by atoms with Gasteiger partial charge in [-0.25, -0.2) is 10.5 Å². The molecular formula is C23H25BrCl2N6O2. The fraction of sp³-hybridized carbons (Fsp3) is 0.391. The van der Waals surface area contributed by atoms with E-state index in [1.54, 1.807) is 12.3 Å². The molecule has 3 N–H and O–H groups in total. The molecule has 11 heteroatoms. The first kappa shape index (κ1) is 23.8. The van der Waals surface area contributed by atoms with Gasteiger partial charge in [0.15, 0.2) is 5.65 Å². The lowest BCUT2D eigenvalue weighted by atomic mass is 10.2. The van der Waals surface area contributed by atoms with Crippen molar-refractivity contribution in [1.82, 2.24) is 25.1 Å². The van der Waals surface area contributed by atoms with E-state index in [-0.39, 0.29) is 5.91 Å². The van der Waals surface area contributed by atoms with Gasteiger partial charge in [-0.3, -0.25) is 14.5 Å². The predicted octanol–water partition coefficient (Wildman–Crippen LogP) is 4.62. The van der Waals surface area contributed by atoms with Gasteiger partial charge in [0.05, 0.1) is 40.5 Å². The Bertz CT molecular complexity index is 1210. The Balaban J connectivity index is 1.50. The maximum Gasteiger partial charge on any atom is 0.278 e. The monoisotopic (exact) mass is 566 g/mol. The van der Waals surface area contributed by atoms with Gasteiger partial charge in [0.1, 0.15) is 5.02 Å². The molecule has 8 nitrogen and oxygen atoms in total. The van der Waals surface area contributed by atoms with Crippen LogP contribution in [0.3, 0.4) is 0 Å². The number of hydrogen-bond acceptors (Lipinski definition) is 6. The van der Waals surface area contributed by atoms with Gasteiger partial charge in [0.25, 0.3) is 5.91 Å². The highest BCUT2D eigenvalue weighted by Gasteiger charge is 2.25. The molecule has 1 amide bonds. The first-order valence-corrected chi connectivity index (χ1v) is 12.8. The number of nitrogens with one attached hydrogen (secondary N) is 3. The number of fused-ring (bicyclic) bond motifs is 1. The molecule has 5 rings (SSSR count). The van der Waals surface area contributed by atoms with Crippen molar-refractivity contribution >= 4 is 62.1 Å². The molecule has 3 heterocycles. The Morgan fingerprint density at radius 2 is 2.06 bits per heavy atom. The number of rotatable bonds is 8. The summed E-state index contributed by atoms with van der Waals surface area (Å²) in [4.78, 5) is 25.6. The Hall–Kier alpha value is -1.88. The van der Waals surface area contributed by atoms with Gasteiger partial charge in [0, 0.05) is 43.4 Å². The molecule has 0 unspecified atom stereocenters. The van der Waals surface area contributed by atoms with Gasteiger partial charge in [-0.15, -0.1) is 0 Å². The topological polar surface area (TPSA) is 82.9 Å². The van der Waals surface area contributed by atoms with Gasteiger partial charge in [0.2, 0.25) is 0 Å². The van der Waals surface area contributed by atoms with Crippen LogP contribution >= 0.6 is 39.1 Å². The Kier molecular flexibility index (Phi) is 7.29. The molecular weight excluding hydrogens is 543 g/mol. The molecule has 1 aliphatic carbocycles. The minimum atomic E-state index is -0.387. The Morgan fingerprint density at radius 3 is 2.79 bits per heavy atom. The quantitative estimate of drug-likeness (QED) is 0.344. The van der Waals surface area contributed by atoms with Crippen molar-refractivity contribution in [3.05, 3.63) is 56.4 Å². The van der Waals surface area contributed by atoms with Crippen LogP contribution < -0.4 is 16.1 Å². The van der Waals surface area contributed by atoms with Gasteiger partial charge < -0.3 is 15.0 Å². The van der Waals surface area contributed by atoms with Crippen LogP contribution in [-0.2, 0) is 11.4 Å². The van der Waals surface area contributed by atoms with Crippen molar-refractivity contribution in [1.29, 1.82) is 0 Å². The third-order valence-corrected chi connectivity index (χ3v) is 7.19. The lowest BCUT2D eigenvalue weighted by Crippen LogP contribution is -2.43. The smallest absolute Gasteiger partial charge is 0.278 e. The van der Waals surface area contributed by atoms with E-state index >= 15 is 0 Å². The van der Waals surface area contributed by atoms with E-state index in [1.807, 2.05) is 22.7 Å². The van der Waals surface area contributed by atoms with E-state index in [0.29, 0.717) is 51.7 Å². The van der Waals surface area contributed by atoms with Crippen LogP contribution in [0.25, 0.3) is 5.65 Å². The van der Waals surface area contributed by atoms with E-state index in [2.05, 4.69) is 41.9 Å². The van der Waals surface area contributed by atoms with Crippen molar-refractivity contribution in [2.24, 2.45) is 5.92 Å². The van der Waals surface area contributed by atoms with Crippen LogP contribution in [-0.4, -0.2) is 53.0 Å². The molecule has 0 spiro atoms. The van der Waals surface area contributed by atoms with Crippen molar-refractivity contribution in [3.8, 4) is 0 Å². The molecule has 2 fully saturated rings. The van der Waals surface area contributed by atoms with Crippen molar-refractivity contribution < 1.29 is 9.63 Å². The molecule has 1 aliphatic heterocycles. The maximum atomic E-state index is 13.2. The summed E-state index contributed by atoms with van der Waals surface area (Å²) in [5.41, 5.74) is 5.48. The molecule has 2 aromatic heterocycles. The summed E-state index contributed by atoms with van der Waals surface area (Å²) >= 11 is 16.7. The highest BCUT2D eigenvalue weighted by Crippen LogP contribution is 2.36. The molecule has 0 radical (unpaired) electrons. The number of piperazine rings is 1. The molecule has 1 aromatic carbocycles. The summed E-state index contributed by atoms with van der Waals surface area (Å²) in [5, 5.41) is 7.42. The van der Waals surface area contributed by atoms with Gasteiger partial charge in [-0.2, -0.15) is 0 Å². The number of aromatic nitrogens is 2. The third-order valence-electron chi connectivity index (χ3n) is 6.03. The summed E-state index contributed by atoms with van der Waals surface area (Å²) in [6.07, 6.45) is 5.83. The summed E-state index contributed by atoms with van der Waals surface area (Å²) in [6.45, 7) is 5.01. The Labute approximate surface area is 216 Å². The maximum absolute atomic E-state index is 13.2. The van der Waals surface area contributed by atoms with Crippen LogP contribution in [0.2, 0.25) is 10.0 Å². The van der Waals surface area contributed by atoms with E-state index in [1.165, 1.54) is 0 Å². The minimum Gasteiger partial charge on any atom is -0.352 e. The van der Waals surface area contributed by atoms with Crippen LogP contribution in [0, 0.1) is 5.92 Å². The fourth-order valence-corrected chi connectivity index (χ4v) is 4.94. The number of halogens is 3. The first-order chi connectivity index (χ1) is 16.5. The zero-order valence-corrected chi connectivity index (χ0v) is 21.5. The number of hydroxylamine groups is 1. The molecule has 1 saturated heterocycles. The molecule has 1 saturated carbocycles. The summed E-state index contributed by atoms with van der Waals surface area (Å²) < 4.78 is 2.73. The van der Waals surface area contributed by atoms with E-state index < -0.39 is 0 Å². The van der Waals surface area contributed by atoms with E-state index in [4.69, 9.17) is 28.0 Å². The number of benzene rings is 1. The molecule has 3 aromatic rings. The average molecular weight is 568 g/mol. The average Bonchev–Trinajstić information content (AvgIpc) is 3.57. The van der Waals surface area contributed by atoms with Crippen molar-refractivity contribution in [2.75, 3.05) is 38.1 Å². The number of nitrogens with zero attached hydrogens (tertiary/aromatic N) is 3. The fourth-order valence-electron chi connectivity index (χ4n) is 3.93. The van der Waals surface area contributed by atoms with Crippen LogP contribution in [0.4, 0.5) is 11.4 Å². The van der Waals surface area contributed by atoms with Crippen LogP contribution in [0.1, 0.15) is 28.9 Å². The SMILES string of the molecule is O=C(NOCC1CC1)c1cn2c(CN3CCNCC3)cnc2c(Cl)c1Nc1ccc(Br)cc1Cl. The molecule has 34 heavy (non-hydrogen) atoms. The van der Waals surface area contributed by atoms with Crippen molar-refractivity contribution in [3.63, 3.8) is 0 Å². The minimum absolute atomic E-state index is 0.334. The highest BCUT2D eigenvalue weighted by molar-refractivity contribution is 9.10. The van der Waals surface area contributed by atoms with E-state index in [9.17, 15) is 4.79 Å². The molecule has 0 bridgehead atoms. The third kappa shape index (κ3) is 5.35. The summed E-state index contributed by atoms with van der Waals surface area (Å²) in [6, 6.07) is 5.45. The Morgan fingerprint density at radius 1 is 1.26 bits per heavy atom. The van der Waals surface area contributed by atoms with Crippen molar-refractivity contribution in [2.45, 2.75) is 19.4 Å². The van der Waals surface area contributed by atoms with Crippen LogP contribution in [0.5, 0.6) is 0 Å². The van der Waals surface area contributed by atoms with Crippen LogP contribution in [0.15, 0.2) is 35.1 Å². The zero-order valence-electron chi connectivity index (χ0n) is 18.4. The second kappa shape index (κ2) is 10.4. The molecule has 0 atom stereocenters. The number of anilines is 2. The predicted molar refractivity (Wildman–Crippen MR) is 137 cm³/mol. The second-order valence-corrected chi connectivity index (χ2v) is 10.3. The number of amides is 1. The first-order valence-electron chi connectivity index (χ1n) is 11.3. The summed E-state index contributed by atoms with van der Waals surface area (Å²) in [7, 11) is 0. The highest BCUT2D eigenvalue weighted by atomic mass is 79.9. The number of pyridine rings is 1. The van der Waals surface area contributed by atoms with Gasteiger partial charge >= 0.3 is 0 Å². The molecule has 2 aliphatic rings. The lowest BCUT2D eigenvalue weighted by Gasteiger charge is -2.26. The standard InChI is InChI=1S/C23H25BrCl2N6O2/c24-15-3-4-19(18(25)9-15)29-21-17(23(33)30-34-13-14-1-2-14)12-32-16(10-28-22(32)20(21)26)11-31-7-5-27-6-8-31/h3-4,9-10,12,14,27,29H,1-2,5-8,11,13H2,(H,30,33). The number of carbonyl (C=O) groups is 1. The van der Waals surface area contributed by atoms with E-state index in [0.717, 1.165) is 49.2 Å². The number of carbonyl (C=O) groups excluding carboxylic acids is 1. The van der Waals surface area contributed by atoms with Gasteiger partial charge in [-0.05, 0) is 37.0 Å². The molecule has 180 valence electrons. The van der Waals surface area contributed by atoms with Gasteiger partial charge in [-0.1, -0.05) is 39.1 Å². The second-order valence-electron chi connectivity index (χ2n) is 8.64. The summed E-state index contributed by atoms with van der Waals surface area (Å²) in [5.74, 6) is 0.131. The largest absolute Gasteiger partial charge is 0.352 e.